The number of benzene rings is 3. The number of anilines is 1. The van der Waals surface area contributed by atoms with Crippen molar-refractivity contribution in [1.29, 1.82) is 0 Å². The maximum absolute atomic E-state index is 14.0. The maximum Gasteiger partial charge on any atom is 0.272 e. The number of hydrogen-bond donors (Lipinski definition) is 1. The van der Waals surface area contributed by atoms with Crippen molar-refractivity contribution in [1.82, 2.24) is 14.1 Å². The minimum Gasteiger partial charge on any atom is -0.487 e. The average molecular weight is 653 g/mol. The number of ether oxygens (including phenoxy) is 2. The quantitative estimate of drug-likeness (QED) is 0.210. The molecule has 6 rings (SSSR count). The summed E-state index contributed by atoms with van der Waals surface area (Å²) in [6, 6.07) is 14.7. The van der Waals surface area contributed by atoms with Gasteiger partial charge in [0.25, 0.3) is 6.43 Å². The second-order valence-electron chi connectivity index (χ2n) is 11.5. The van der Waals surface area contributed by atoms with Gasteiger partial charge in [-0.1, -0.05) is 18.2 Å². The lowest BCUT2D eigenvalue weighted by Gasteiger charge is -2.37. The number of carbonyl (C=O) groups is 1. The number of nitrogen functional groups attached to an aromatic ring is 1. The van der Waals surface area contributed by atoms with Crippen molar-refractivity contribution in [3.8, 4) is 22.9 Å². The van der Waals surface area contributed by atoms with E-state index in [2.05, 4.69) is 5.10 Å². The van der Waals surface area contributed by atoms with Gasteiger partial charge >= 0.3 is 0 Å². The second-order valence-corrected chi connectivity index (χ2v) is 13.5. The predicted octanol–water partition coefficient (Wildman–Crippen LogP) is 5.59. The van der Waals surface area contributed by atoms with Crippen LogP contribution < -0.4 is 15.2 Å². The highest BCUT2D eigenvalue weighted by atomic mass is 32.2. The van der Waals surface area contributed by atoms with Crippen LogP contribution in [0, 0.1) is 18.7 Å². The molecule has 9 nitrogen and oxygen atoms in total. The number of Topliss-reactive ketones (excluding diaryl/α,β-unsaturated/α-hetero) is 1. The number of aryl methyl sites for hydroxylation is 1. The lowest BCUT2D eigenvalue weighted by molar-refractivity contribution is 0.0810. The van der Waals surface area contributed by atoms with Gasteiger partial charge < -0.3 is 15.2 Å². The third-order valence-electron chi connectivity index (χ3n) is 8.10. The number of hydrogen-bond acceptors (Lipinski definition) is 7. The Bertz CT molecular complexity index is 1970. The molecule has 0 atom stereocenters. The Kier molecular flexibility index (Phi) is 8.38. The molecule has 0 radical (unpaired) electrons. The molecule has 0 amide bonds. The minimum absolute atomic E-state index is 0.0198. The van der Waals surface area contributed by atoms with E-state index in [0.29, 0.717) is 54.1 Å². The second kappa shape index (κ2) is 12.3. The number of ketones is 1. The number of aromatic nitrogens is 2. The smallest absolute Gasteiger partial charge is 0.272 e. The van der Waals surface area contributed by atoms with Gasteiger partial charge in [0.15, 0.2) is 17.3 Å². The molecule has 0 spiro atoms. The van der Waals surface area contributed by atoms with Gasteiger partial charge in [0.1, 0.15) is 23.9 Å². The van der Waals surface area contributed by atoms with E-state index >= 15 is 0 Å². The van der Waals surface area contributed by atoms with Gasteiger partial charge in [-0.3, -0.25) is 4.79 Å². The Balaban J connectivity index is 1.20. The van der Waals surface area contributed by atoms with Gasteiger partial charge in [-0.05, 0) is 84.0 Å². The number of allylic oxidation sites excluding steroid dienone is 1. The molecule has 2 aliphatic rings. The van der Waals surface area contributed by atoms with Crippen LogP contribution in [-0.2, 0) is 22.9 Å². The van der Waals surface area contributed by atoms with Crippen molar-refractivity contribution in [3.63, 3.8) is 0 Å². The summed E-state index contributed by atoms with van der Waals surface area (Å²) in [6.45, 7) is 1.72. The number of rotatable bonds is 11. The first-order valence-corrected chi connectivity index (χ1v) is 16.4. The topological polar surface area (TPSA) is 117 Å². The Morgan fingerprint density at radius 3 is 2.57 bits per heavy atom. The lowest BCUT2D eigenvalue weighted by atomic mass is 9.91. The number of para-hydroxylation sites is 1. The van der Waals surface area contributed by atoms with Crippen molar-refractivity contribution in [2.45, 2.75) is 26.2 Å². The SMILES string of the molecule is Cc1cc(Oc2ccccc2F)ccc1-n1ncc(C(=O)C2=Cc3cc(OCC(F)F)c(CC4CN(S(C)(=O)=O)C4)cc3C2)c1N. The highest BCUT2D eigenvalue weighted by Crippen LogP contribution is 2.37. The molecular weight excluding hydrogens is 621 g/mol. The summed E-state index contributed by atoms with van der Waals surface area (Å²) in [4.78, 5) is 13.7. The van der Waals surface area contributed by atoms with Crippen LogP contribution in [0.5, 0.6) is 17.2 Å². The Morgan fingerprint density at radius 2 is 1.87 bits per heavy atom. The summed E-state index contributed by atoms with van der Waals surface area (Å²) >= 11 is 0. The van der Waals surface area contributed by atoms with E-state index in [4.69, 9.17) is 15.2 Å². The van der Waals surface area contributed by atoms with Crippen molar-refractivity contribution in [3.05, 3.63) is 100 Å². The molecule has 3 aromatic carbocycles. The number of nitrogens with zero attached hydrogens (tertiary/aromatic N) is 3. The summed E-state index contributed by atoms with van der Waals surface area (Å²) in [6.07, 6.45) is 2.32. The molecule has 2 heterocycles. The molecular formula is C33H31F3N4O5S. The van der Waals surface area contributed by atoms with Gasteiger partial charge in [-0.25, -0.2) is 30.6 Å². The normalized spacial score (nSPS) is 15.0. The molecule has 240 valence electrons. The number of sulfonamides is 1. The molecule has 4 aromatic rings. The Labute approximate surface area is 264 Å². The van der Waals surface area contributed by atoms with Gasteiger partial charge in [0, 0.05) is 25.1 Å². The van der Waals surface area contributed by atoms with Crippen LogP contribution in [0.3, 0.4) is 0 Å². The molecule has 0 saturated carbocycles. The molecule has 1 aliphatic carbocycles. The molecule has 13 heteroatoms. The number of alkyl halides is 2. The zero-order valence-corrected chi connectivity index (χ0v) is 25.9. The first kappa shape index (κ1) is 31.4. The van der Waals surface area contributed by atoms with Gasteiger partial charge in [0.2, 0.25) is 10.0 Å². The summed E-state index contributed by atoms with van der Waals surface area (Å²) in [7, 11) is -3.29. The van der Waals surface area contributed by atoms with E-state index in [9.17, 15) is 26.4 Å². The fourth-order valence-electron chi connectivity index (χ4n) is 5.73. The summed E-state index contributed by atoms with van der Waals surface area (Å²) < 4.78 is 77.6. The Morgan fingerprint density at radius 1 is 1.11 bits per heavy atom. The third kappa shape index (κ3) is 6.38. The van der Waals surface area contributed by atoms with Crippen LogP contribution in [0.4, 0.5) is 19.0 Å². The summed E-state index contributed by atoms with van der Waals surface area (Å²) in [5.41, 5.74) is 10.6. The first-order chi connectivity index (χ1) is 21.9. The molecule has 46 heavy (non-hydrogen) atoms. The van der Waals surface area contributed by atoms with Crippen LogP contribution in [-0.4, -0.2) is 60.7 Å². The highest BCUT2D eigenvalue weighted by molar-refractivity contribution is 7.88. The largest absolute Gasteiger partial charge is 0.487 e. The Hall–Kier alpha value is -4.62. The molecule has 2 N–H and O–H groups in total. The van der Waals surface area contributed by atoms with E-state index in [1.54, 1.807) is 42.5 Å². The number of carbonyl (C=O) groups excluding carboxylic acids is 1. The maximum atomic E-state index is 14.0. The van der Waals surface area contributed by atoms with Gasteiger partial charge in [-0.2, -0.15) is 5.10 Å². The molecule has 1 saturated heterocycles. The van der Waals surface area contributed by atoms with E-state index in [-0.39, 0.29) is 34.6 Å². The summed E-state index contributed by atoms with van der Waals surface area (Å²) in [5.74, 6) is 0.140. The van der Waals surface area contributed by atoms with Gasteiger partial charge in [0.05, 0.1) is 23.7 Å². The van der Waals surface area contributed by atoms with Gasteiger partial charge in [-0.15, -0.1) is 0 Å². The van der Waals surface area contributed by atoms with Crippen molar-refractivity contribution >= 4 is 27.7 Å². The summed E-state index contributed by atoms with van der Waals surface area (Å²) in [5, 5.41) is 4.36. The van der Waals surface area contributed by atoms with Crippen molar-refractivity contribution in [2.75, 3.05) is 31.7 Å². The molecule has 1 aromatic heterocycles. The predicted molar refractivity (Wildman–Crippen MR) is 167 cm³/mol. The van der Waals surface area contributed by atoms with E-state index < -0.39 is 28.9 Å². The zero-order chi connectivity index (χ0) is 32.7. The molecule has 0 bridgehead atoms. The average Bonchev–Trinajstić information content (AvgIpc) is 3.56. The monoisotopic (exact) mass is 652 g/mol. The van der Waals surface area contributed by atoms with Crippen LogP contribution in [0.2, 0.25) is 0 Å². The van der Waals surface area contributed by atoms with E-state index in [0.717, 1.165) is 17.4 Å². The minimum atomic E-state index is -3.29. The number of fused-ring (bicyclic) bond motifs is 1. The van der Waals surface area contributed by atoms with Crippen molar-refractivity contribution < 1.29 is 35.9 Å². The number of halogens is 3. The van der Waals surface area contributed by atoms with Crippen LogP contribution in [0.25, 0.3) is 11.8 Å². The zero-order valence-electron chi connectivity index (χ0n) is 25.0. The molecule has 1 aliphatic heterocycles. The third-order valence-corrected chi connectivity index (χ3v) is 9.34. The van der Waals surface area contributed by atoms with E-state index in [1.807, 2.05) is 13.0 Å². The van der Waals surface area contributed by atoms with Crippen molar-refractivity contribution in [2.24, 2.45) is 5.92 Å². The van der Waals surface area contributed by atoms with Crippen LogP contribution >= 0.6 is 0 Å². The van der Waals surface area contributed by atoms with Crippen LogP contribution in [0.15, 0.2) is 66.4 Å². The highest BCUT2D eigenvalue weighted by Gasteiger charge is 2.34. The van der Waals surface area contributed by atoms with Crippen LogP contribution in [0.1, 0.15) is 32.6 Å². The fraction of sp³-hybridized carbons (Fsp3) is 0.273. The fourth-order valence-corrected chi connectivity index (χ4v) is 6.69. The molecule has 1 fully saturated rings. The molecule has 0 unspecified atom stereocenters. The lowest BCUT2D eigenvalue weighted by Crippen LogP contribution is -2.50. The standard InChI is InChI=1S/C33H31F3N4O5S/c1-19-9-25(45-29-6-4-3-5-27(29)34)7-8-28(19)40-33(37)26(15-38-40)32(41)24-12-21-11-23(10-20-16-39(17-20)46(2,42)43)30(14-22(21)13-24)44-18-31(35)36/h3-9,11,13-15,20,31H,10,12,16-18,37H2,1-2H3. The number of nitrogens with two attached hydrogens (primary N) is 1. The van der Waals surface area contributed by atoms with E-state index in [1.165, 1.54) is 27.3 Å². The first-order valence-electron chi connectivity index (χ1n) is 14.5.